The summed E-state index contributed by atoms with van der Waals surface area (Å²) in [5.74, 6) is 0.163. The first kappa shape index (κ1) is 19.5. The van der Waals surface area contributed by atoms with E-state index in [0.717, 1.165) is 11.1 Å². The van der Waals surface area contributed by atoms with Gasteiger partial charge in [-0.3, -0.25) is 0 Å². The fourth-order valence-corrected chi connectivity index (χ4v) is 2.44. The Morgan fingerprint density at radius 2 is 1.46 bits per heavy atom. The van der Waals surface area contributed by atoms with Crippen LogP contribution >= 0.6 is 0 Å². The van der Waals surface area contributed by atoms with Gasteiger partial charge in [-0.1, -0.05) is 94.1 Å². The minimum absolute atomic E-state index is 0.0119. The molecule has 0 fully saturated rings. The van der Waals surface area contributed by atoms with E-state index in [9.17, 15) is 4.79 Å². The van der Waals surface area contributed by atoms with Crippen molar-refractivity contribution in [3.63, 3.8) is 0 Å². The number of ether oxygens (including phenoxy) is 1. The number of hydrogen-bond acceptors (Lipinski definition) is 2. The standard InChI is InChI=1S/C24H26O2/c1-19(18-24(2,3)4)23(25)26-22-16-14-21(15-17-22)13-9-8-12-20-10-6-5-7-11-20/h5-17H,1,18H2,2-4H3. The van der Waals surface area contributed by atoms with Crippen LogP contribution in [-0.4, -0.2) is 5.97 Å². The molecule has 0 aromatic heterocycles. The first-order valence-corrected chi connectivity index (χ1v) is 8.73. The van der Waals surface area contributed by atoms with E-state index in [0.29, 0.717) is 17.7 Å². The second-order valence-corrected chi connectivity index (χ2v) is 7.43. The van der Waals surface area contributed by atoms with Crippen molar-refractivity contribution in [1.29, 1.82) is 0 Å². The van der Waals surface area contributed by atoms with E-state index in [1.54, 1.807) is 12.1 Å². The van der Waals surface area contributed by atoms with Crippen molar-refractivity contribution in [3.05, 3.63) is 90.0 Å². The van der Waals surface area contributed by atoms with Crippen LogP contribution in [0, 0.1) is 5.41 Å². The topological polar surface area (TPSA) is 26.3 Å². The van der Waals surface area contributed by atoms with Gasteiger partial charge in [0.2, 0.25) is 0 Å². The number of rotatable bonds is 6. The van der Waals surface area contributed by atoms with Crippen molar-refractivity contribution < 1.29 is 9.53 Å². The van der Waals surface area contributed by atoms with Gasteiger partial charge in [-0.05, 0) is 35.1 Å². The molecule has 0 saturated heterocycles. The van der Waals surface area contributed by atoms with Gasteiger partial charge in [-0.15, -0.1) is 0 Å². The summed E-state index contributed by atoms with van der Waals surface area (Å²) in [5, 5.41) is 0. The van der Waals surface area contributed by atoms with Crippen LogP contribution in [0.25, 0.3) is 12.2 Å². The first-order valence-electron chi connectivity index (χ1n) is 8.73. The van der Waals surface area contributed by atoms with Gasteiger partial charge in [-0.2, -0.15) is 0 Å². The zero-order valence-electron chi connectivity index (χ0n) is 15.7. The molecule has 2 rings (SSSR count). The van der Waals surface area contributed by atoms with E-state index >= 15 is 0 Å². The highest BCUT2D eigenvalue weighted by molar-refractivity contribution is 5.89. The van der Waals surface area contributed by atoms with Crippen molar-refractivity contribution in [1.82, 2.24) is 0 Å². The minimum atomic E-state index is -0.367. The minimum Gasteiger partial charge on any atom is -0.423 e. The largest absolute Gasteiger partial charge is 0.423 e. The Balaban J connectivity index is 1.89. The zero-order valence-corrected chi connectivity index (χ0v) is 15.7. The molecule has 2 nitrogen and oxygen atoms in total. The molecule has 0 aliphatic rings. The highest BCUT2D eigenvalue weighted by atomic mass is 16.5. The molecule has 0 aliphatic heterocycles. The molecule has 0 atom stereocenters. The first-order chi connectivity index (χ1) is 12.3. The van der Waals surface area contributed by atoms with Gasteiger partial charge in [-0.25, -0.2) is 4.79 Å². The average Bonchev–Trinajstić information content (AvgIpc) is 2.59. The van der Waals surface area contributed by atoms with Crippen LogP contribution in [0.2, 0.25) is 0 Å². The molecule has 0 bridgehead atoms. The van der Waals surface area contributed by atoms with Gasteiger partial charge in [0.1, 0.15) is 5.75 Å². The van der Waals surface area contributed by atoms with Gasteiger partial charge in [0.15, 0.2) is 0 Å². The third-order valence-electron chi connectivity index (χ3n) is 3.61. The van der Waals surface area contributed by atoms with Crippen molar-refractivity contribution in [2.24, 2.45) is 5.41 Å². The fourth-order valence-electron chi connectivity index (χ4n) is 2.44. The molecule has 0 radical (unpaired) electrons. The summed E-state index contributed by atoms with van der Waals surface area (Å²) in [6.45, 7) is 10.0. The Kier molecular flexibility index (Phi) is 6.74. The van der Waals surface area contributed by atoms with E-state index in [1.807, 2.05) is 54.6 Å². The highest BCUT2D eigenvalue weighted by Crippen LogP contribution is 2.24. The number of benzene rings is 2. The SMILES string of the molecule is C=C(CC(C)(C)C)C(=O)Oc1ccc(C=CC=Cc2ccccc2)cc1. The second kappa shape index (κ2) is 9.00. The van der Waals surface area contributed by atoms with Crippen LogP contribution in [0.15, 0.2) is 78.9 Å². The van der Waals surface area contributed by atoms with Crippen LogP contribution in [0.3, 0.4) is 0 Å². The molecular formula is C24H26O2. The van der Waals surface area contributed by atoms with Gasteiger partial charge in [0, 0.05) is 5.57 Å². The lowest BCUT2D eigenvalue weighted by Crippen LogP contribution is -2.16. The number of esters is 1. The van der Waals surface area contributed by atoms with Crippen molar-refractivity contribution in [3.8, 4) is 5.75 Å². The lowest BCUT2D eigenvalue weighted by Gasteiger charge is -2.18. The lowest BCUT2D eigenvalue weighted by atomic mass is 9.88. The number of carbonyl (C=O) groups is 1. The van der Waals surface area contributed by atoms with Gasteiger partial charge < -0.3 is 4.74 Å². The molecule has 0 unspecified atom stereocenters. The molecule has 0 saturated carbocycles. The Morgan fingerprint density at radius 3 is 2.00 bits per heavy atom. The molecular weight excluding hydrogens is 320 g/mol. The fraction of sp³-hybridized carbons (Fsp3) is 0.208. The Hall–Kier alpha value is -2.87. The van der Waals surface area contributed by atoms with Gasteiger partial charge >= 0.3 is 5.97 Å². The van der Waals surface area contributed by atoms with Gasteiger partial charge in [0.25, 0.3) is 0 Å². The Labute approximate surface area is 156 Å². The van der Waals surface area contributed by atoms with Gasteiger partial charge in [0.05, 0.1) is 0 Å². The van der Waals surface area contributed by atoms with Crippen molar-refractivity contribution in [2.75, 3.05) is 0 Å². The quantitative estimate of drug-likeness (QED) is 0.265. The molecule has 2 heteroatoms. The summed E-state index contributed by atoms with van der Waals surface area (Å²) in [5.41, 5.74) is 2.70. The number of allylic oxidation sites excluding steroid dienone is 2. The third-order valence-corrected chi connectivity index (χ3v) is 3.61. The smallest absolute Gasteiger partial charge is 0.338 e. The van der Waals surface area contributed by atoms with Crippen LogP contribution in [-0.2, 0) is 4.79 Å². The van der Waals surface area contributed by atoms with Crippen LogP contribution in [0.5, 0.6) is 5.75 Å². The van der Waals surface area contributed by atoms with E-state index in [2.05, 4.69) is 39.5 Å². The number of hydrogen-bond donors (Lipinski definition) is 0. The van der Waals surface area contributed by atoms with Crippen LogP contribution in [0.1, 0.15) is 38.3 Å². The lowest BCUT2D eigenvalue weighted by molar-refractivity contribution is -0.130. The van der Waals surface area contributed by atoms with Crippen molar-refractivity contribution >= 4 is 18.1 Å². The molecule has 2 aromatic carbocycles. The molecule has 2 aromatic rings. The Morgan fingerprint density at radius 1 is 0.923 bits per heavy atom. The van der Waals surface area contributed by atoms with Crippen LogP contribution in [0.4, 0.5) is 0 Å². The predicted octanol–water partition coefficient (Wildman–Crippen LogP) is 6.31. The summed E-state index contributed by atoms with van der Waals surface area (Å²) in [7, 11) is 0. The average molecular weight is 346 g/mol. The van der Waals surface area contributed by atoms with E-state index in [-0.39, 0.29) is 11.4 Å². The van der Waals surface area contributed by atoms with Crippen LogP contribution < -0.4 is 4.74 Å². The summed E-state index contributed by atoms with van der Waals surface area (Å²) in [6, 6.07) is 17.6. The summed E-state index contributed by atoms with van der Waals surface area (Å²) < 4.78 is 5.38. The third kappa shape index (κ3) is 6.94. The van der Waals surface area contributed by atoms with E-state index in [4.69, 9.17) is 4.74 Å². The van der Waals surface area contributed by atoms with Crippen molar-refractivity contribution in [2.45, 2.75) is 27.2 Å². The predicted molar refractivity (Wildman–Crippen MR) is 110 cm³/mol. The number of carbonyl (C=O) groups excluding carboxylic acids is 1. The van der Waals surface area contributed by atoms with E-state index < -0.39 is 0 Å². The maximum atomic E-state index is 12.1. The monoisotopic (exact) mass is 346 g/mol. The molecule has 26 heavy (non-hydrogen) atoms. The maximum absolute atomic E-state index is 12.1. The highest BCUT2D eigenvalue weighted by Gasteiger charge is 2.18. The summed E-state index contributed by atoms with van der Waals surface area (Å²) >= 11 is 0. The molecule has 0 heterocycles. The second-order valence-electron chi connectivity index (χ2n) is 7.43. The normalized spacial score (nSPS) is 11.8. The molecule has 0 N–H and O–H groups in total. The maximum Gasteiger partial charge on any atom is 0.338 e. The summed E-state index contributed by atoms with van der Waals surface area (Å²) in [6.07, 6.45) is 8.65. The summed E-state index contributed by atoms with van der Waals surface area (Å²) in [4.78, 5) is 12.1. The van der Waals surface area contributed by atoms with E-state index in [1.165, 1.54) is 0 Å². The molecule has 0 spiro atoms. The molecule has 0 amide bonds. The molecule has 134 valence electrons. The molecule has 0 aliphatic carbocycles. The zero-order chi connectivity index (χ0) is 19.0. The Bertz CT molecular complexity index is 788.